The van der Waals surface area contributed by atoms with Crippen LogP contribution in [0.5, 0.6) is 0 Å². The van der Waals surface area contributed by atoms with Gasteiger partial charge in [0.15, 0.2) is 5.76 Å². The fourth-order valence-corrected chi connectivity index (χ4v) is 3.88. The van der Waals surface area contributed by atoms with E-state index in [2.05, 4.69) is 48.6 Å². The van der Waals surface area contributed by atoms with Gasteiger partial charge in [-0.3, -0.25) is 5.10 Å². The third kappa shape index (κ3) is 4.20. The van der Waals surface area contributed by atoms with E-state index in [4.69, 9.17) is 15.2 Å². The summed E-state index contributed by atoms with van der Waals surface area (Å²) in [5.41, 5.74) is 10.2. The van der Waals surface area contributed by atoms with Gasteiger partial charge in [-0.2, -0.15) is 15.1 Å². The zero-order chi connectivity index (χ0) is 21.4. The summed E-state index contributed by atoms with van der Waals surface area (Å²) in [6.45, 7) is 6.18. The van der Waals surface area contributed by atoms with Crippen molar-refractivity contribution < 1.29 is 4.52 Å². The van der Waals surface area contributed by atoms with Crippen molar-refractivity contribution in [2.75, 3.05) is 49.2 Å². The molecule has 1 aliphatic heterocycles. The zero-order valence-electron chi connectivity index (χ0n) is 18.1. The Hall–Kier alpha value is -3.14. The first-order valence-electron chi connectivity index (χ1n) is 11.0. The van der Waals surface area contributed by atoms with Crippen molar-refractivity contribution in [1.29, 1.82) is 0 Å². The van der Waals surface area contributed by atoms with E-state index in [1.165, 1.54) is 12.8 Å². The predicted octanol–water partition coefficient (Wildman–Crippen LogP) is 2.24. The van der Waals surface area contributed by atoms with E-state index in [1.54, 1.807) is 0 Å². The number of nitrogen functional groups attached to an aromatic ring is 1. The van der Waals surface area contributed by atoms with Crippen LogP contribution in [0.15, 0.2) is 16.7 Å². The number of rotatable bonds is 7. The second-order valence-electron chi connectivity index (χ2n) is 8.40. The molecule has 1 aliphatic carbocycles. The molecule has 5 rings (SSSR count). The number of hydrogen-bond donors (Lipinski definition) is 3. The van der Waals surface area contributed by atoms with E-state index >= 15 is 0 Å². The Bertz CT molecular complexity index is 1050. The van der Waals surface area contributed by atoms with Crippen LogP contribution in [0, 0.1) is 0 Å². The number of hydrogen-bond acceptors (Lipinski definition) is 9. The van der Waals surface area contributed by atoms with Crippen molar-refractivity contribution in [3.8, 4) is 11.3 Å². The minimum absolute atomic E-state index is 0.423. The van der Waals surface area contributed by atoms with Crippen molar-refractivity contribution in [3.05, 3.63) is 29.3 Å². The van der Waals surface area contributed by atoms with E-state index in [0.717, 1.165) is 66.8 Å². The normalized spacial score (nSPS) is 17.3. The summed E-state index contributed by atoms with van der Waals surface area (Å²) in [6, 6.07) is 4.04. The number of nitrogens with one attached hydrogen (secondary N) is 2. The molecular formula is C21H29N9O. The maximum Gasteiger partial charge on any atom is 0.227 e. The van der Waals surface area contributed by atoms with Gasteiger partial charge in [0.05, 0.1) is 23.5 Å². The third-order valence-electron chi connectivity index (χ3n) is 5.98. The van der Waals surface area contributed by atoms with Gasteiger partial charge in [-0.25, -0.2) is 0 Å². The number of likely N-dealkylation sites (N-methyl/N-ethyl adjacent to an activating group) is 1. The van der Waals surface area contributed by atoms with E-state index < -0.39 is 0 Å². The molecule has 0 radical (unpaired) electrons. The second-order valence-corrected chi connectivity index (χ2v) is 8.40. The third-order valence-corrected chi connectivity index (χ3v) is 5.98. The SMILES string of the molecule is CCc1cc(CNc2nc(N)c(-c3cc(C4CC4)[nH]n3)c(N3CCN(C)CC3)n2)on1. The van der Waals surface area contributed by atoms with Gasteiger partial charge in [0, 0.05) is 43.9 Å². The highest BCUT2D eigenvalue weighted by Gasteiger charge is 2.28. The van der Waals surface area contributed by atoms with E-state index in [9.17, 15) is 0 Å². The molecule has 4 N–H and O–H groups in total. The molecule has 3 aromatic rings. The Morgan fingerprint density at radius 3 is 2.71 bits per heavy atom. The minimum atomic E-state index is 0.423. The number of piperazine rings is 1. The van der Waals surface area contributed by atoms with E-state index in [0.29, 0.717) is 24.2 Å². The molecule has 31 heavy (non-hydrogen) atoms. The maximum atomic E-state index is 6.47. The van der Waals surface area contributed by atoms with Crippen LogP contribution in [0.3, 0.4) is 0 Å². The highest BCUT2D eigenvalue weighted by atomic mass is 16.5. The van der Waals surface area contributed by atoms with Crippen molar-refractivity contribution in [3.63, 3.8) is 0 Å². The molecule has 0 unspecified atom stereocenters. The first kappa shape index (κ1) is 19.8. The van der Waals surface area contributed by atoms with Crippen LogP contribution in [0.1, 0.15) is 42.8 Å². The molecule has 164 valence electrons. The molecule has 0 bridgehead atoms. The number of nitrogens with two attached hydrogens (primary N) is 1. The number of H-pyrrole nitrogens is 1. The lowest BCUT2D eigenvalue weighted by molar-refractivity contribution is 0.312. The summed E-state index contributed by atoms with van der Waals surface area (Å²) in [6.07, 6.45) is 3.26. The zero-order valence-corrected chi connectivity index (χ0v) is 18.1. The second kappa shape index (κ2) is 8.18. The van der Waals surface area contributed by atoms with Crippen molar-refractivity contribution in [2.24, 2.45) is 0 Å². The number of anilines is 3. The van der Waals surface area contributed by atoms with Crippen LogP contribution < -0.4 is 16.0 Å². The molecule has 0 amide bonds. The Morgan fingerprint density at radius 2 is 2.00 bits per heavy atom. The van der Waals surface area contributed by atoms with Gasteiger partial charge in [-0.15, -0.1) is 0 Å². The molecule has 3 aromatic heterocycles. The van der Waals surface area contributed by atoms with Crippen LogP contribution in [0.25, 0.3) is 11.3 Å². The molecule has 0 spiro atoms. The molecule has 1 saturated heterocycles. The molecule has 0 atom stereocenters. The van der Waals surface area contributed by atoms with Gasteiger partial charge in [0.25, 0.3) is 0 Å². The maximum absolute atomic E-state index is 6.47. The Labute approximate surface area is 181 Å². The summed E-state index contributed by atoms with van der Waals surface area (Å²) >= 11 is 0. The summed E-state index contributed by atoms with van der Waals surface area (Å²) in [5, 5.41) is 15.0. The quantitative estimate of drug-likeness (QED) is 0.524. The number of aryl methyl sites for hydroxylation is 1. The molecule has 2 fully saturated rings. The van der Waals surface area contributed by atoms with Gasteiger partial charge in [-0.05, 0) is 32.4 Å². The number of nitrogens with zero attached hydrogens (tertiary/aromatic N) is 6. The lowest BCUT2D eigenvalue weighted by atomic mass is 10.1. The minimum Gasteiger partial charge on any atom is -0.383 e. The van der Waals surface area contributed by atoms with Crippen LogP contribution in [-0.4, -0.2) is 63.4 Å². The smallest absolute Gasteiger partial charge is 0.227 e. The molecule has 10 nitrogen and oxygen atoms in total. The first-order chi connectivity index (χ1) is 15.1. The van der Waals surface area contributed by atoms with Gasteiger partial charge >= 0.3 is 0 Å². The standard InChI is InChI=1S/C21H29N9O/c1-3-14-10-15(31-28-14)12-23-21-24-19(22)18(17-11-16(26-27-17)13-4-5-13)20(25-21)30-8-6-29(2)7-9-30/h10-11,13H,3-9,12H2,1-2H3,(H,26,27)(H3,22,23,24,25). The van der Waals surface area contributed by atoms with Crippen LogP contribution in [0.2, 0.25) is 0 Å². The monoisotopic (exact) mass is 423 g/mol. The lowest BCUT2D eigenvalue weighted by Gasteiger charge is -2.34. The van der Waals surface area contributed by atoms with Gasteiger partial charge in [-0.1, -0.05) is 12.1 Å². The molecule has 4 heterocycles. The molecule has 1 saturated carbocycles. The first-order valence-corrected chi connectivity index (χ1v) is 11.0. The number of aromatic amines is 1. The Balaban J connectivity index is 1.45. The fourth-order valence-electron chi connectivity index (χ4n) is 3.88. The molecule has 2 aliphatic rings. The topological polar surface area (TPSA) is 125 Å². The van der Waals surface area contributed by atoms with Crippen molar-refractivity contribution in [1.82, 2.24) is 30.2 Å². The molecule has 0 aromatic carbocycles. The van der Waals surface area contributed by atoms with E-state index in [1.807, 2.05) is 13.0 Å². The van der Waals surface area contributed by atoms with E-state index in [-0.39, 0.29) is 0 Å². The molecule has 10 heteroatoms. The van der Waals surface area contributed by atoms with Crippen molar-refractivity contribution >= 4 is 17.6 Å². The highest BCUT2D eigenvalue weighted by molar-refractivity contribution is 5.83. The summed E-state index contributed by atoms with van der Waals surface area (Å²) < 4.78 is 5.36. The van der Waals surface area contributed by atoms with Gasteiger partial charge in [0.2, 0.25) is 5.95 Å². The molecular weight excluding hydrogens is 394 g/mol. The number of aromatic nitrogens is 5. The average Bonchev–Trinajstić information content (AvgIpc) is 3.32. The van der Waals surface area contributed by atoms with Crippen LogP contribution in [-0.2, 0) is 13.0 Å². The van der Waals surface area contributed by atoms with Gasteiger partial charge in [0.1, 0.15) is 11.6 Å². The summed E-state index contributed by atoms with van der Waals surface area (Å²) in [7, 11) is 2.14. The van der Waals surface area contributed by atoms with Crippen LogP contribution >= 0.6 is 0 Å². The summed E-state index contributed by atoms with van der Waals surface area (Å²) in [5.74, 6) is 3.05. The largest absolute Gasteiger partial charge is 0.383 e. The Morgan fingerprint density at radius 1 is 1.19 bits per heavy atom. The van der Waals surface area contributed by atoms with Crippen LogP contribution in [0.4, 0.5) is 17.6 Å². The van der Waals surface area contributed by atoms with Crippen molar-refractivity contribution in [2.45, 2.75) is 38.6 Å². The summed E-state index contributed by atoms with van der Waals surface area (Å²) in [4.78, 5) is 14.0. The lowest BCUT2D eigenvalue weighted by Crippen LogP contribution is -2.45. The highest BCUT2D eigenvalue weighted by Crippen LogP contribution is 2.41. The Kier molecular flexibility index (Phi) is 5.23. The average molecular weight is 424 g/mol. The fraction of sp³-hybridized carbons (Fsp3) is 0.524. The predicted molar refractivity (Wildman–Crippen MR) is 119 cm³/mol. The van der Waals surface area contributed by atoms with Gasteiger partial charge < -0.3 is 25.4 Å².